The first-order valence-electron chi connectivity index (χ1n) is 8.10. The number of hydrogen-bond acceptors (Lipinski definition) is 2. The summed E-state index contributed by atoms with van der Waals surface area (Å²) in [5.41, 5.74) is 7.76. The van der Waals surface area contributed by atoms with Crippen LogP contribution in [0.25, 0.3) is 0 Å². The van der Waals surface area contributed by atoms with Crippen molar-refractivity contribution in [1.29, 1.82) is 0 Å². The van der Waals surface area contributed by atoms with E-state index in [0.717, 1.165) is 17.8 Å². The molecule has 1 amide bonds. The lowest BCUT2D eigenvalue weighted by Gasteiger charge is -2.31. The molecule has 0 unspecified atom stereocenters. The lowest BCUT2D eigenvalue weighted by Crippen LogP contribution is -2.37. The van der Waals surface area contributed by atoms with Crippen molar-refractivity contribution in [2.24, 2.45) is 11.3 Å². The fraction of sp³-hybridized carbons (Fsp3) is 0.611. The van der Waals surface area contributed by atoms with E-state index < -0.39 is 0 Å². The zero-order valence-electron chi connectivity index (χ0n) is 13.3. The van der Waals surface area contributed by atoms with Crippen molar-refractivity contribution in [2.45, 2.75) is 52.4 Å². The molecule has 3 heteroatoms. The SMILES string of the molecule is CC(C)CC1(CNC(=O)Cc2ccc(N)cc2)CCCC1. The maximum atomic E-state index is 12.1. The van der Waals surface area contributed by atoms with E-state index in [4.69, 9.17) is 5.73 Å². The van der Waals surface area contributed by atoms with Crippen molar-refractivity contribution in [1.82, 2.24) is 5.32 Å². The molecule has 1 aromatic carbocycles. The molecule has 0 aliphatic heterocycles. The smallest absolute Gasteiger partial charge is 0.224 e. The summed E-state index contributed by atoms with van der Waals surface area (Å²) in [6.45, 7) is 5.38. The van der Waals surface area contributed by atoms with Crippen molar-refractivity contribution in [2.75, 3.05) is 12.3 Å². The molecule has 0 atom stereocenters. The Kier molecular flexibility index (Phi) is 5.27. The average Bonchev–Trinajstić information content (AvgIpc) is 2.87. The van der Waals surface area contributed by atoms with Gasteiger partial charge >= 0.3 is 0 Å². The van der Waals surface area contributed by atoms with Gasteiger partial charge < -0.3 is 11.1 Å². The normalized spacial score (nSPS) is 17.1. The maximum Gasteiger partial charge on any atom is 0.224 e. The fourth-order valence-corrected chi connectivity index (χ4v) is 3.61. The highest BCUT2D eigenvalue weighted by Gasteiger charge is 2.34. The van der Waals surface area contributed by atoms with Crippen molar-refractivity contribution < 1.29 is 4.79 Å². The molecule has 0 heterocycles. The predicted molar refractivity (Wildman–Crippen MR) is 87.9 cm³/mol. The van der Waals surface area contributed by atoms with E-state index in [-0.39, 0.29) is 5.91 Å². The fourth-order valence-electron chi connectivity index (χ4n) is 3.61. The zero-order valence-corrected chi connectivity index (χ0v) is 13.3. The number of carbonyl (C=O) groups is 1. The van der Waals surface area contributed by atoms with Gasteiger partial charge in [-0.1, -0.05) is 38.8 Å². The first kappa shape index (κ1) is 15.9. The highest BCUT2D eigenvalue weighted by Crippen LogP contribution is 2.42. The first-order valence-corrected chi connectivity index (χ1v) is 8.10. The highest BCUT2D eigenvalue weighted by atomic mass is 16.1. The topological polar surface area (TPSA) is 55.1 Å². The van der Waals surface area contributed by atoms with Gasteiger partial charge in [-0.05, 0) is 48.3 Å². The quantitative estimate of drug-likeness (QED) is 0.787. The van der Waals surface area contributed by atoms with Crippen LogP contribution < -0.4 is 11.1 Å². The number of rotatable bonds is 6. The number of nitrogen functional groups attached to an aromatic ring is 1. The van der Waals surface area contributed by atoms with Gasteiger partial charge in [-0.25, -0.2) is 0 Å². The number of benzene rings is 1. The Hall–Kier alpha value is -1.51. The zero-order chi connectivity index (χ0) is 15.3. The van der Waals surface area contributed by atoms with Crippen LogP contribution in [0.2, 0.25) is 0 Å². The number of carbonyl (C=O) groups excluding carboxylic acids is 1. The molecule has 0 spiro atoms. The van der Waals surface area contributed by atoms with E-state index in [0.29, 0.717) is 17.8 Å². The molecular formula is C18H28N2O. The van der Waals surface area contributed by atoms with Crippen LogP contribution in [0.3, 0.4) is 0 Å². The summed E-state index contributed by atoms with van der Waals surface area (Å²) in [5.74, 6) is 0.812. The predicted octanol–water partition coefficient (Wildman–Crippen LogP) is 3.53. The Labute approximate surface area is 128 Å². The molecule has 0 aromatic heterocycles. The molecule has 1 aliphatic carbocycles. The number of hydrogen-bond donors (Lipinski definition) is 2. The van der Waals surface area contributed by atoms with Crippen LogP contribution in [-0.4, -0.2) is 12.5 Å². The molecule has 0 saturated heterocycles. The Morgan fingerprint density at radius 2 is 1.86 bits per heavy atom. The van der Waals surface area contributed by atoms with Crippen LogP contribution in [0.15, 0.2) is 24.3 Å². The van der Waals surface area contributed by atoms with Gasteiger partial charge in [0.05, 0.1) is 6.42 Å². The molecule has 0 radical (unpaired) electrons. The first-order chi connectivity index (χ1) is 9.99. The minimum atomic E-state index is 0.120. The summed E-state index contributed by atoms with van der Waals surface area (Å²) < 4.78 is 0. The van der Waals surface area contributed by atoms with Crippen LogP contribution in [0.1, 0.15) is 51.5 Å². The molecule has 1 saturated carbocycles. The van der Waals surface area contributed by atoms with Gasteiger partial charge in [-0.15, -0.1) is 0 Å². The van der Waals surface area contributed by atoms with Crippen LogP contribution in [0.4, 0.5) is 5.69 Å². The Morgan fingerprint density at radius 3 is 2.43 bits per heavy atom. The lowest BCUT2D eigenvalue weighted by atomic mass is 9.78. The number of amides is 1. The van der Waals surface area contributed by atoms with E-state index in [1.54, 1.807) is 0 Å². The summed E-state index contributed by atoms with van der Waals surface area (Å²) in [6.07, 6.45) is 6.79. The average molecular weight is 288 g/mol. The second kappa shape index (κ2) is 6.97. The molecule has 1 fully saturated rings. The molecular weight excluding hydrogens is 260 g/mol. The molecule has 1 aliphatic rings. The highest BCUT2D eigenvalue weighted by molar-refractivity contribution is 5.78. The minimum absolute atomic E-state index is 0.120. The minimum Gasteiger partial charge on any atom is -0.399 e. The van der Waals surface area contributed by atoms with E-state index in [2.05, 4.69) is 19.2 Å². The maximum absolute atomic E-state index is 12.1. The van der Waals surface area contributed by atoms with Gasteiger partial charge in [0, 0.05) is 12.2 Å². The summed E-state index contributed by atoms with van der Waals surface area (Å²) in [7, 11) is 0. The van der Waals surface area contributed by atoms with Crippen LogP contribution in [0, 0.1) is 11.3 Å². The lowest BCUT2D eigenvalue weighted by molar-refractivity contribution is -0.121. The molecule has 1 aromatic rings. The van der Waals surface area contributed by atoms with Crippen molar-refractivity contribution in [3.8, 4) is 0 Å². The summed E-state index contributed by atoms with van der Waals surface area (Å²) in [5, 5.41) is 3.16. The van der Waals surface area contributed by atoms with Crippen LogP contribution in [0.5, 0.6) is 0 Å². The monoisotopic (exact) mass is 288 g/mol. The molecule has 3 nitrogen and oxygen atoms in total. The van der Waals surface area contributed by atoms with Gasteiger partial charge in [-0.2, -0.15) is 0 Å². The Balaban J connectivity index is 1.85. The molecule has 21 heavy (non-hydrogen) atoms. The Morgan fingerprint density at radius 1 is 1.24 bits per heavy atom. The van der Waals surface area contributed by atoms with Gasteiger partial charge in [0.15, 0.2) is 0 Å². The van der Waals surface area contributed by atoms with Crippen molar-refractivity contribution >= 4 is 11.6 Å². The van der Waals surface area contributed by atoms with E-state index >= 15 is 0 Å². The van der Waals surface area contributed by atoms with E-state index in [9.17, 15) is 4.79 Å². The molecule has 0 bridgehead atoms. The largest absolute Gasteiger partial charge is 0.399 e. The summed E-state index contributed by atoms with van der Waals surface area (Å²) >= 11 is 0. The van der Waals surface area contributed by atoms with Crippen molar-refractivity contribution in [3.63, 3.8) is 0 Å². The van der Waals surface area contributed by atoms with Crippen LogP contribution in [-0.2, 0) is 11.2 Å². The third-order valence-corrected chi connectivity index (χ3v) is 4.51. The van der Waals surface area contributed by atoms with E-state index in [1.165, 1.54) is 32.1 Å². The third-order valence-electron chi connectivity index (χ3n) is 4.51. The standard InChI is InChI=1S/C18H28N2O/c1-14(2)12-18(9-3-4-10-18)13-20-17(21)11-15-5-7-16(19)8-6-15/h5-8,14H,3-4,9-13,19H2,1-2H3,(H,20,21). The second-order valence-corrected chi connectivity index (χ2v) is 7.00. The number of nitrogens with two attached hydrogens (primary N) is 1. The Bertz CT molecular complexity index is 459. The second-order valence-electron chi connectivity index (χ2n) is 7.00. The number of anilines is 1. The van der Waals surface area contributed by atoms with Gasteiger partial charge in [0.25, 0.3) is 0 Å². The van der Waals surface area contributed by atoms with Gasteiger partial charge in [0.2, 0.25) is 5.91 Å². The third kappa shape index (κ3) is 4.76. The van der Waals surface area contributed by atoms with Gasteiger partial charge in [0.1, 0.15) is 0 Å². The van der Waals surface area contributed by atoms with E-state index in [1.807, 2.05) is 24.3 Å². The van der Waals surface area contributed by atoms with Gasteiger partial charge in [-0.3, -0.25) is 4.79 Å². The van der Waals surface area contributed by atoms with Crippen molar-refractivity contribution in [3.05, 3.63) is 29.8 Å². The summed E-state index contributed by atoms with van der Waals surface area (Å²) in [6, 6.07) is 7.54. The molecule has 2 rings (SSSR count). The summed E-state index contributed by atoms with van der Waals surface area (Å²) in [4.78, 5) is 12.1. The molecule has 3 N–H and O–H groups in total. The van der Waals surface area contributed by atoms with Crippen LogP contribution >= 0.6 is 0 Å². The number of nitrogens with one attached hydrogen (secondary N) is 1. The molecule has 116 valence electrons.